The molecule has 2 nitrogen and oxygen atoms in total. The van der Waals surface area contributed by atoms with Crippen LogP contribution in [0.1, 0.15) is 37.5 Å². The van der Waals surface area contributed by atoms with E-state index in [1.807, 2.05) is 0 Å². The van der Waals surface area contributed by atoms with Crippen molar-refractivity contribution in [2.45, 2.75) is 46.6 Å². The third-order valence-corrected chi connectivity index (χ3v) is 3.03. The molecule has 18 heavy (non-hydrogen) atoms. The third kappa shape index (κ3) is 6.18. The number of hydrogen-bond donors (Lipinski definition) is 2. The summed E-state index contributed by atoms with van der Waals surface area (Å²) in [6, 6.07) is 6.69. The van der Waals surface area contributed by atoms with E-state index in [1.165, 1.54) is 16.7 Å². The minimum Gasteiger partial charge on any atom is -0.315 e. The predicted octanol–water partition coefficient (Wildman–Crippen LogP) is 2.82. The molecule has 102 valence electrons. The lowest BCUT2D eigenvalue weighted by molar-refractivity contribution is 0.422. The van der Waals surface area contributed by atoms with Gasteiger partial charge in [0.15, 0.2) is 0 Å². The van der Waals surface area contributed by atoms with Gasteiger partial charge in [0.05, 0.1) is 0 Å². The molecule has 0 aliphatic heterocycles. The molecule has 1 aromatic rings. The molecule has 0 amide bonds. The van der Waals surface area contributed by atoms with E-state index < -0.39 is 0 Å². The molecule has 0 saturated carbocycles. The second kappa shape index (κ2) is 6.91. The zero-order valence-corrected chi connectivity index (χ0v) is 12.6. The second-order valence-electron chi connectivity index (χ2n) is 6.11. The Morgan fingerprint density at radius 2 is 1.72 bits per heavy atom. The van der Waals surface area contributed by atoms with E-state index in [1.54, 1.807) is 0 Å². The van der Waals surface area contributed by atoms with Gasteiger partial charge < -0.3 is 10.6 Å². The highest BCUT2D eigenvalue weighted by molar-refractivity contribution is 5.30. The quantitative estimate of drug-likeness (QED) is 0.757. The first kappa shape index (κ1) is 15.2. The molecule has 0 unspecified atom stereocenters. The van der Waals surface area contributed by atoms with E-state index in [0.29, 0.717) is 0 Å². The first-order valence-corrected chi connectivity index (χ1v) is 6.90. The SMILES string of the molecule is Cc1ccc(C)c(CCNCCNC(C)(C)C)c1. The molecule has 0 saturated heterocycles. The average molecular weight is 248 g/mol. The first-order valence-electron chi connectivity index (χ1n) is 6.90. The number of aryl methyl sites for hydroxylation is 2. The summed E-state index contributed by atoms with van der Waals surface area (Å²) < 4.78 is 0. The third-order valence-electron chi connectivity index (χ3n) is 3.03. The van der Waals surface area contributed by atoms with Crippen LogP contribution in [0.2, 0.25) is 0 Å². The fourth-order valence-corrected chi connectivity index (χ4v) is 1.94. The van der Waals surface area contributed by atoms with Gasteiger partial charge >= 0.3 is 0 Å². The maximum absolute atomic E-state index is 3.49. The molecule has 1 aromatic carbocycles. The van der Waals surface area contributed by atoms with E-state index in [2.05, 4.69) is 63.5 Å². The standard InChI is InChI=1S/C16H28N2/c1-13-6-7-14(2)15(12-13)8-9-17-10-11-18-16(3,4)5/h6-7,12,17-18H,8-11H2,1-5H3. The number of rotatable bonds is 6. The van der Waals surface area contributed by atoms with Crippen LogP contribution >= 0.6 is 0 Å². The molecule has 0 aliphatic rings. The minimum absolute atomic E-state index is 0.217. The van der Waals surface area contributed by atoms with Crippen molar-refractivity contribution in [3.63, 3.8) is 0 Å². The van der Waals surface area contributed by atoms with Crippen LogP contribution in [-0.4, -0.2) is 25.2 Å². The van der Waals surface area contributed by atoms with E-state index in [4.69, 9.17) is 0 Å². The summed E-state index contributed by atoms with van der Waals surface area (Å²) in [6.07, 6.45) is 1.11. The lowest BCUT2D eigenvalue weighted by atomic mass is 10.0. The lowest BCUT2D eigenvalue weighted by Gasteiger charge is -2.20. The second-order valence-corrected chi connectivity index (χ2v) is 6.11. The molecule has 0 aliphatic carbocycles. The Labute approximate surface area is 112 Å². The van der Waals surface area contributed by atoms with Crippen molar-refractivity contribution in [3.05, 3.63) is 34.9 Å². The predicted molar refractivity (Wildman–Crippen MR) is 80.2 cm³/mol. The minimum atomic E-state index is 0.217. The normalized spacial score (nSPS) is 11.8. The van der Waals surface area contributed by atoms with Crippen molar-refractivity contribution >= 4 is 0 Å². The molecular formula is C16H28N2. The lowest BCUT2D eigenvalue weighted by Crippen LogP contribution is -2.40. The van der Waals surface area contributed by atoms with Gasteiger partial charge in [-0.2, -0.15) is 0 Å². The fraction of sp³-hybridized carbons (Fsp3) is 0.625. The van der Waals surface area contributed by atoms with Crippen LogP contribution in [0, 0.1) is 13.8 Å². The Hall–Kier alpha value is -0.860. The van der Waals surface area contributed by atoms with Crippen molar-refractivity contribution < 1.29 is 0 Å². The molecule has 0 fully saturated rings. The van der Waals surface area contributed by atoms with Crippen LogP contribution in [0.5, 0.6) is 0 Å². The summed E-state index contributed by atoms with van der Waals surface area (Å²) in [7, 11) is 0. The highest BCUT2D eigenvalue weighted by Gasteiger charge is 2.06. The van der Waals surface area contributed by atoms with Crippen LogP contribution in [0.15, 0.2) is 18.2 Å². The maximum atomic E-state index is 3.49. The van der Waals surface area contributed by atoms with Gasteiger partial charge in [-0.15, -0.1) is 0 Å². The van der Waals surface area contributed by atoms with Crippen LogP contribution in [0.3, 0.4) is 0 Å². The fourth-order valence-electron chi connectivity index (χ4n) is 1.94. The van der Waals surface area contributed by atoms with Crippen LogP contribution in [0.4, 0.5) is 0 Å². The van der Waals surface area contributed by atoms with Gasteiger partial charge in [0.25, 0.3) is 0 Å². The molecule has 0 radical (unpaired) electrons. The molecule has 1 rings (SSSR count). The molecule has 0 heterocycles. The van der Waals surface area contributed by atoms with Crippen LogP contribution in [0.25, 0.3) is 0 Å². The summed E-state index contributed by atoms with van der Waals surface area (Å²) >= 11 is 0. The van der Waals surface area contributed by atoms with E-state index in [0.717, 1.165) is 26.1 Å². The molecular weight excluding hydrogens is 220 g/mol. The van der Waals surface area contributed by atoms with E-state index in [-0.39, 0.29) is 5.54 Å². The highest BCUT2D eigenvalue weighted by Crippen LogP contribution is 2.10. The Morgan fingerprint density at radius 1 is 1.00 bits per heavy atom. The van der Waals surface area contributed by atoms with Crippen molar-refractivity contribution in [3.8, 4) is 0 Å². The smallest absolute Gasteiger partial charge is 0.00970 e. The molecule has 0 spiro atoms. The molecule has 2 N–H and O–H groups in total. The van der Waals surface area contributed by atoms with Crippen molar-refractivity contribution in [2.75, 3.05) is 19.6 Å². The maximum Gasteiger partial charge on any atom is 0.00970 e. The highest BCUT2D eigenvalue weighted by atomic mass is 15.0. The molecule has 0 atom stereocenters. The summed E-state index contributed by atoms with van der Waals surface area (Å²) in [5.41, 5.74) is 4.43. The largest absolute Gasteiger partial charge is 0.315 e. The number of benzene rings is 1. The zero-order chi connectivity index (χ0) is 13.6. The Balaban J connectivity index is 2.20. The van der Waals surface area contributed by atoms with Gasteiger partial charge in [0.1, 0.15) is 0 Å². The molecule has 0 aromatic heterocycles. The molecule has 0 bridgehead atoms. The van der Waals surface area contributed by atoms with E-state index in [9.17, 15) is 0 Å². The van der Waals surface area contributed by atoms with Crippen LogP contribution in [-0.2, 0) is 6.42 Å². The van der Waals surface area contributed by atoms with Gasteiger partial charge in [-0.1, -0.05) is 23.8 Å². The van der Waals surface area contributed by atoms with Crippen LogP contribution < -0.4 is 10.6 Å². The van der Waals surface area contributed by atoms with Gasteiger partial charge in [0, 0.05) is 18.6 Å². The summed E-state index contributed by atoms with van der Waals surface area (Å²) in [5.74, 6) is 0. The van der Waals surface area contributed by atoms with Crippen molar-refractivity contribution in [1.82, 2.24) is 10.6 Å². The first-order chi connectivity index (χ1) is 8.38. The summed E-state index contributed by atoms with van der Waals surface area (Å²) in [5, 5.41) is 6.97. The van der Waals surface area contributed by atoms with Crippen molar-refractivity contribution in [2.24, 2.45) is 0 Å². The Kier molecular flexibility index (Phi) is 5.83. The van der Waals surface area contributed by atoms with Gasteiger partial charge in [-0.05, 0) is 58.7 Å². The summed E-state index contributed by atoms with van der Waals surface area (Å²) in [6.45, 7) is 14.0. The number of nitrogens with one attached hydrogen (secondary N) is 2. The van der Waals surface area contributed by atoms with Gasteiger partial charge in [-0.25, -0.2) is 0 Å². The van der Waals surface area contributed by atoms with Gasteiger partial charge in [-0.3, -0.25) is 0 Å². The monoisotopic (exact) mass is 248 g/mol. The van der Waals surface area contributed by atoms with Crippen molar-refractivity contribution in [1.29, 1.82) is 0 Å². The average Bonchev–Trinajstić information content (AvgIpc) is 2.26. The summed E-state index contributed by atoms with van der Waals surface area (Å²) in [4.78, 5) is 0. The van der Waals surface area contributed by atoms with Gasteiger partial charge in [0.2, 0.25) is 0 Å². The Bertz CT molecular complexity index is 364. The van der Waals surface area contributed by atoms with E-state index >= 15 is 0 Å². The molecule has 2 heteroatoms. The number of hydrogen-bond acceptors (Lipinski definition) is 2. The zero-order valence-electron chi connectivity index (χ0n) is 12.6. The topological polar surface area (TPSA) is 24.1 Å². The Morgan fingerprint density at radius 3 is 2.39 bits per heavy atom.